The highest BCUT2D eigenvalue weighted by atomic mass is 32.2. The Hall–Kier alpha value is -1.33. The molecule has 1 aromatic rings. The van der Waals surface area contributed by atoms with Crippen LogP contribution in [0.5, 0.6) is 0 Å². The molecule has 114 valence electrons. The number of carbonyl (C=O) groups is 2. The summed E-state index contributed by atoms with van der Waals surface area (Å²) < 4.78 is 0. The fraction of sp³-hybridized carbons (Fsp3) is 0.500. The van der Waals surface area contributed by atoms with Gasteiger partial charge in [0.15, 0.2) is 5.78 Å². The minimum atomic E-state index is 0.0289. The SMILES string of the molecule is CN1CCCC(NC(=O)CSCC(=O)c2ccccc2)C1. The summed E-state index contributed by atoms with van der Waals surface area (Å²) in [7, 11) is 2.07. The van der Waals surface area contributed by atoms with Gasteiger partial charge < -0.3 is 10.2 Å². The number of amides is 1. The van der Waals surface area contributed by atoms with Crippen molar-refractivity contribution in [1.29, 1.82) is 0 Å². The van der Waals surface area contributed by atoms with Gasteiger partial charge in [-0.2, -0.15) is 0 Å². The molecular formula is C16H22N2O2S. The highest BCUT2D eigenvalue weighted by Gasteiger charge is 2.18. The average Bonchev–Trinajstić information content (AvgIpc) is 2.48. The molecule has 0 spiro atoms. The predicted octanol–water partition coefficient (Wildman–Crippen LogP) is 1.81. The van der Waals surface area contributed by atoms with Gasteiger partial charge in [0.2, 0.25) is 5.91 Å². The van der Waals surface area contributed by atoms with Gasteiger partial charge in [-0.3, -0.25) is 9.59 Å². The minimum absolute atomic E-state index is 0.0289. The third kappa shape index (κ3) is 5.52. The molecule has 1 unspecified atom stereocenters. The van der Waals surface area contributed by atoms with E-state index in [1.54, 1.807) is 12.1 Å². The van der Waals surface area contributed by atoms with Crippen LogP contribution in [-0.4, -0.2) is 54.3 Å². The average molecular weight is 306 g/mol. The van der Waals surface area contributed by atoms with Crippen molar-refractivity contribution in [3.8, 4) is 0 Å². The van der Waals surface area contributed by atoms with E-state index in [2.05, 4.69) is 17.3 Å². The maximum atomic E-state index is 11.9. The van der Waals surface area contributed by atoms with Crippen LogP contribution < -0.4 is 5.32 Å². The lowest BCUT2D eigenvalue weighted by Gasteiger charge is -2.30. The second kappa shape index (κ2) is 8.20. The maximum Gasteiger partial charge on any atom is 0.230 e. The Kier molecular flexibility index (Phi) is 6.26. The van der Waals surface area contributed by atoms with Crippen molar-refractivity contribution in [1.82, 2.24) is 10.2 Å². The lowest BCUT2D eigenvalue weighted by atomic mass is 10.1. The van der Waals surface area contributed by atoms with E-state index in [1.165, 1.54) is 11.8 Å². The number of carbonyl (C=O) groups excluding carboxylic acids is 2. The molecule has 1 amide bonds. The number of rotatable bonds is 6. The molecule has 0 saturated carbocycles. The zero-order chi connectivity index (χ0) is 15.1. The topological polar surface area (TPSA) is 49.4 Å². The molecule has 1 heterocycles. The number of likely N-dealkylation sites (N-methyl/N-ethyl adjacent to an activating group) is 1. The van der Waals surface area contributed by atoms with Crippen molar-refractivity contribution in [2.24, 2.45) is 0 Å². The Morgan fingerprint density at radius 3 is 2.76 bits per heavy atom. The fourth-order valence-electron chi connectivity index (χ4n) is 2.50. The molecule has 0 bridgehead atoms. The summed E-state index contributed by atoms with van der Waals surface area (Å²) in [6.07, 6.45) is 2.17. The molecule has 21 heavy (non-hydrogen) atoms. The lowest BCUT2D eigenvalue weighted by molar-refractivity contribution is -0.119. The van der Waals surface area contributed by atoms with E-state index >= 15 is 0 Å². The lowest BCUT2D eigenvalue weighted by Crippen LogP contribution is -2.46. The number of hydrogen-bond acceptors (Lipinski definition) is 4. The number of benzene rings is 1. The van der Waals surface area contributed by atoms with Gasteiger partial charge in [-0.1, -0.05) is 30.3 Å². The van der Waals surface area contributed by atoms with Gasteiger partial charge >= 0.3 is 0 Å². The summed E-state index contributed by atoms with van der Waals surface area (Å²) in [4.78, 5) is 26.0. The number of nitrogens with one attached hydrogen (secondary N) is 1. The summed E-state index contributed by atoms with van der Waals surface area (Å²) in [5.74, 6) is 0.799. The first-order valence-electron chi connectivity index (χ1n) is 7.29. The van der Waals surface area contributed by atoms with Crippen LogP contribution >= 0.6 is 11.8 Å². The highest BCUT2D eigenvalue weighted by Crippen LogP contribution is 2.10. The predicted molar refractivity (Wildman–Crippen MR) is 86.8 cm³/mol. The highest BCUT2D eigenvalue weighted by molar-refractivity contribution is 8.00. The molecule has 2 rings (SSSR count). The Balaban J connectivity index is 1.66. The monoisotopic (exact) mass is 306 g/mol. The summed E-state index contributed by atoms with van der Waals surface area (Å²) in [6, 6.07) is 9.45. The molecule has 0 aliphatic carbocycles. The summed E-state index contributed by atoms with van der Waals surface area (Å²) in [6.45, 7) is 2.02. The van der Waals surface area contributed by atoms with Crippen LogP contribution in [0.2, 0.25) is 0 Å². The van der Waals surface area contributed by atoms with Gasteiger partial charge in [-0.15, -0.1) is 11.8 Å². The molecule has 4 nitrogen and oxygen atoms in total. The summed E-state index contributed by atoms with van der Waals surface area (Å²) >= 11 is 1.38. The van der Waals surface area contributed by atoms with Gasteiger partial charge in [-0.25, -0.2) is 0 Å². The summed E-state index contributed by atoms with van der Waals surface area (Å²) in [5.41, 5.74) is 0.708. The largest absolute Gasteiger partial charge is 0.351 e. The van der Waals surface area contributed by atoms with Gasteiger partial charge in [0.25, 0.3) is 0 Å². The van der Waals surface area contributed by atoms with E-state index in [0.717, 1.165) is 25.9 Å². The molecule has 1 saturated heterocycles. The van der Waals surface area contributed by atoms with Gasteiger partial charge in [-0.05, 0) is 26.4 Å². The number of thioether (sulfide) groups is 1. The Morgan fingerprint density at radius 1 is 1.29 bits per heavy atom. The molecule has 1 atom stereocenters. The van der Waals surface area contributed by atoms with E-state index in [4.69, 9.17) is 0 Å². The first kappa shape index (κ1) is 16.0. The van der Waals surface area contributed by atoms with Crippen molar-refractivity contribution in [3.05, 3.63) is 35.9 Å². The summed E-state index contributed by atoms with van der Waals surface area (Å²) in [5, 5.41) is 3.05. The Morgan fingerprint density at radius 2 is 2.05 bits per heavy atom. The number of piperidine rings is 1. The van der Waals surface area contributed by atoms with E-state index in [-0.39, 0.29) is 17.7 Å². The third-order valence-electron chi connectivity index (χ3n) is 3.55. The molecular weight excluding hydrogens is 284 g/mol. The van der Waals surface area contributed by atoms with E-state index in [0.29, 0.717) is 17.1 Å². The normalized spacial score (nSPS) is 19.2. The number of ketones is 1. The van der Waals surface area contributed by atoms with Crippen LogP contribution in [0.25, 0.3) is 0 Å². The van der Waals surface area contributed by atoms with E-state index < -0.39 is 0 Å². The zero-order valence-electron chi connectivity index (χ0n) is 12.4. The standard InChI is InChI=1S/C16H22N2O2S/c1-18-9-5-8-14(10-18)17-16(20)12-21-11-15(19)13-6-3-2-4-7-13/h2-4,6-7,14H,5,8-12H2,1H3,(H,17,20). The number of likely N-dealkylation sites (tertiary alicyclic amines) is 1. The first-order valence-corrected chi connectivity index (χ1v) is 8.44. The molecule has 5 heteroatoms. The molecule has 1 fully saturated rings. The van der Waals surface area contributed by atoms with Crippen LogP contribution in [-0.2, 0) is 4.79 Å². The Bertz CT molecular complexity index is 478. The second-order valence-electron chi connectivity index (χ2n) is 5.45. The molecule has 1 aromatic carbocycles. The van der Waals surface area contributed by atoms with Crippen molar-refractivity contribution in [2.75, 3.05) is 31.6 Å². The van der Waals surface area contributed by atoms with Crippen molar-refractivity contribution >= 4 is 23.5 Å². The van der Waals surface area contributed by atoms with Gasteiger partial charge in [0.1, 0.15) is 0 Å². The quantitative estimate of drug-likeness (QED) is 0.815. The van der Waals surface area contributed by atoms with Crippen molar-refractivity contribution in [3.63, 3.8) is 0 Å². The van der Waals surface area contributed by atoms with Crippen LogP contribution in [0.1, 0.15) is 23.2 Å². The number of hydrogen-bond donors (Lipinski definition) is 1. The first-order chi connectivity index (χ1) is 10.1. The maximum absolute atomic E-state index is 11.9. The molecule has 0 aromatic heterocycles. The van der Waals surface area contributed by atoms with Crippen LogP contribution in [0.4, 0.5) is 0 Å². The van der Waals surface area contributed by atoms with E-state index in [1.807, 2.05) is 18.2 Å². The molecule has 0 radical (unpaired) electrons. The number of nitrogens with zero attached hydrogens (tertiary/aromatic N) is 1. The molecule has 1 N–H and O–H groups in total. The van der Waals surface area contributed by atoms with Crippen LogP contribution in [0.15, 0.2) is 30.3 Å². The van der Waals surface area contributed by atoms with Crippen LogP contribution in [0.3, 0.4) is 0 Å². The van der Waals surface area contributed by atoms with E-state index in [9.17, 15) is 9.59 Å². The third-order valence-corrected chi connectivity index (χ3v) is 4.48. The molecule has 1 aliphatic rings. The second-order valence-corrected chi connectivity index (χ2v) is 6.44. The van der Waals surface area contributed by atoms with Crippen LogP contribution in [0, 0.1) is 0 Å². The zero-order valence-corrected chi connectivity index (χ0v) is 13.2. The van der Waals surface area contributed by atoms with Gasteiger partial charge in [0.05, 0.1) is 11.5 Å². The van der Waals surface area contributed by atoms with Crippen molar-refractivity contribution in [2.45, 2.75) is 18.9 Å². The number of Topliss-reactive ketones (excluding diaryl/α,β-unsaturated/α-hetero) is 1. The fourth-order valence-corrected chi connectivity index (χ4v) is 3.22. The van der Waals surface area contributed by atoms with Gasteiger partial charge in [0, 0.05) is 18.2 Å². The smallest absolute Gasteiger partial charge is 0.230 e. The van der Waals surface area contributed by atoms with Crippen molar-refractivity contribution < 1.29 is 9.59 Å². The molecule has 1 aliphatic heterocycles. The minimum Gasteiger partial charge on any atom is -0.351 e. The Labute approximate surface area is 130 Å².